The summed E-state index contributed by atoms with van der Waals surface area (Å²) >= 11 is 0. The average molecular weight is 522 g/mol. The molecule has 2 heterocycles. The van der Waals surface area contributed by atoms with Gasteiger partial charge in [-0.25, -0.2) is 5.01 Å². The summed E-state index contributed by atoms with van der Waals surface area (Å²) in [5.74, 6) is -0.809. The van der Waals surface area contributed by atoms with Crippen LogP contribution in [0.5, 0.6) is 0 Å². The standard InChI is InChI=1S/C31H31N5O3/c1-19(2)18-25(33-29(37)22-14-8-5-9-15-22)31(39)36-27(26-20(3)32-24-17-11-10-16-23(24)26)30(38)34-28(35-36)21-12-6-4-7-13-21/h4-17,19,25,27,32H,18H2,1-3H3,(H,33,37)(H,34,35,38)/t25-,27-/m0/s1. The highest BCUT2D eigenvalue weighted by Crippen LogP contribution is 2.34. The Morgan fingerprint density at radius 2 is 1.59 bits per heavy atom. The van der Waals surface area contributed by atoms with Crippen LogP contribution in [-0.4, -0.2) is 39.6 Å². The van der Waals surface area contributed by atoms with Gasteiger partial charge in [0.05, 0.1) is 0 Å². The van der Waals surface area contributed by atoms with Gasteiger partial charge in [-0.3, -0.25) is 14.4 Å². The molecule has 0 aliphatic carbocycles. The summed E-state index contributed by atoms with van der Waals surface area (Å²) in [6, 6.07) is 23.7. The van der Waals surface area contributed by atoms with Crippen LogP contribution in [-0.2, 0) is 9.59 Å². The van der Waals surface area contributed by atoms with Crippen LogP contribution in [0.1, 0.15) is 53.5 Å². The number of benzene rings is 3. The molecule has 3 aromatic carbocycles. The van der Waals surface area contributed by atoms with Gasteiger partial charge in [0.25, 0.3) is 17.7 Å². The SMILES string of the molecule is Cc1[nH]c2ccccc2c1[C@H]1C(=O)NC(c2ccccc2)=NN1C(=O)[C@H](CC(C)C)NC(=O)c1ccccc1. The molecule has 1 aliphatic rings. The predicted octanol–water partition coefficient (Wildman–Crippen LogP) is 4.68. The van der Waals surface area contributed by atoms with Crippen LogP contribution < -0.4 is 10.6 Å². The van der Waals surface area contributed by atoms with Gasteiger partial charge in [0.2, 0.25) is 0 Å². The number of hydrazone groups is 1. The normalized spacial score (nSPS) is 16.1. The highest BCUT2D eigenvalue weighted by Gasteiger charge is 2.41. The summed E-state index contributed by atoms with van der Waals surface area (Å²) in [7, 11) is 0. The molecule has 0 spiro atoms. The number of carbonyl (C=O) groups excluding carboxylic acids is 3. The molecule has 0 bridgehead atoms. The molecule has 8 heteroatoms. The fourth-order valence-electron chi connectivity index (χ4n) is 4.98. The minimum Gasteiger partial charge on any atom is -0.358 e. The number of nitrogens with zero attached hydrogens (tertiary/aromatic N) is 2. The molecular formula is C31H31N5O3. The van der Waals surface area contributed by atoms with E-state index in [-0.39, 0.29) is 23.6 Å². The molecule has 0 radical (unpaired) electrons. The van der Waals surface area contributed by atoms with Crippen molar-refractivity contribution >= 4 is 34.5 Å². The molecule has 39 heavy (non-hydrogen) atoms. The maximum Gasteiger partial charge on any atom is 0.266 e. The van der Waals surface area contributed by atoms with Gasteiger partial charge < -0.3 is 15.6 Å². The lowest BCUT2D eigenvalue weighted by Crippen LogP contribution is -2.55. The van der Waals surface area contributed by atoms with Gasteiger partial charge in [0, 0.05) is 33.3 Å². The first-order chi connectivity index (χ1) is 18.8. The van der Waals surface area contributed by atoms with Crippen molar-refractivity contribution in [3.8, 4) is 0 Å². The Balaban J connectivity index is 1.60. The number of rotatable bonds is 7. The molecule has 4 aromatic rings. The summed E-state index contributed by atoms with van der Waals surface area (Å²) in [6.45, 7) is 5.85. The first-order valence-electron chi connectivity index (χ1n) is 13.0. The molecular weight excluding hydrogens is 490 g/mol. The Morgan fingerprint density at radius 1 is 0.949 bits per heavy atom. The van der Waals surface area contributed by atoms with Gasteiger partial charge in [-0.1, -0.05) is 80.6 Å². The van der Waals surface area contributed by atoms with E-state index in [0.717, 1.165) is 16.6 Å². The zero-order valence-corrected chi connectivity index (χ0v) is 22.1. The number of aromatic amines is 1. The number of hydrogen-bond donors (Lipinski definition) is 3. The van der Waals surface area contributed by atoms with Gasteiger partial charge in [0.15, 0.2) is 11.9 Å². The van der Waals surface area contributed by atoms with Gasteiger partial charge >= 0.3 is 0 Å². The number of aromatic nitrogens is 1. The summed E-state index contributed by atoms with van der Waals surface area (Å²) in [5.41, 5.74) is 3.42. The molecule has 0 unspecified atom stereocenters. The van der Waals surface area contributed by atoms with E-state index in [9.17, 15) is 14.4 Å². The molecule has 5 rings (SSSR count). The molecule has 2 atom stereocenters. The maximum atomic E-state index is 14.3. The lowest BCUT2D eigenvalue weighted by atomic mass is 9.98. The van der Waals surface area contributed by atoms with Crippen molar-refractivity contribution in [2.75, 3.05) is 0 Å². The number of amidine groups is 1. The van der Waals surface area contributed by atoms with Crippen molar-refractivity contribution in [3.05, 3.63) is 107 Å². The molecule has 0 saturated carbocycles. The minimum atomic E-state index is -1.02. The molecule has 3 N–H and O–H groups in total. The second-order valence-electron chi connectivity index (χ2n) is 10.1. The summed E-state index contributed by atoms with van der Waals surface area (Å²) in [6.07, 6.45) is 0.380. The summed E-state index contributed by atoms with van der Waals surface area (Å²) in [4.78, 5) is 44.5. The quantitative estimate of drug-likeness (QED) is 0.329. The van der Waals surface area contributed by atoms with Crippen LogP contribution in [0, 0.1) is 12.8 Å². The number of amides is 3. The van der Waals surface area contributed by atoms with Crippen LogP contribution in [0.15, 0.2) is 90.0 Å². The number of fused-ring (bicyclic) bond motifs is 1. The van der Waals surface area contributed by atoms with E-state index >= 15 is 0 Å². The van der Waals surface area contributed by atoms with Crippen LogP contribution in [0.4, 0.5) is 0 Å². The summed E-state index contributed by atoms with van der Waals surface area (Å²) < 4.78 is 0. The van der Waals surface area contributed by atoms with Crippen LogP contribution >= 0.6 is 0 Å². The van der Waals surface area contributed by atoms with Crippen molar-refractivity contribution in [1.82, 2.24) is 20.6 Å². The zero-order chi connectivity index (χ0) is 27.5. The average Bonchev–Trinajstić information content (AvgIpc) is 3.27. The van der Waals surface area contributed by atoms with E-state index in [1.807, 2.05) is 81.4 Å². The van der Waals surface area contributed by atoms with E-state index in [4.69, 9.17) is 5.10 Å². The third-order valence-corrected chi connectivity index (χ3v) is 6.78. The third kappa shape index (κ3) is 5.31. The Morgan fingerprint density at radius 3 is 2.28 bits per heavy atom. The lowest BCUT2D eigenvalue weighted by Gasteiger charge is -2.34. The smallest absolute Gasteiger partial charge is 0.266 e. The Labute approximate surface area is 227 Å². The van der Waals surface area contributed by atoms with Crippen molar-refractivity contribution in [2.24, 2.45) is 11.0 Å². The van der Waals surface area contributed by atoms with Crippen molar-refractivity contribution < 1.29 is 14.4 Å². The Hall–Kier alpha value is -4.72. The highest BCUT2D eigenvalue weighted by atomic mass is 16.2. The van der Waals surface area contributed by atoms with Crippen LogP contribution in [0.25, 0.3) is 10.9 Å². The topological polar surface area (TPSA) is 107 Å². The molecule has 8 nitrogen and oxygen atoms in total. The van der Waals surface area contributed by atoms with E-state index in [2.05, 4.69) is 15.6 Å². The maximum absolute atomic E-state index is 14.3. The molecule has 0 fully saturated rings. The van der Waals surface area contributed by atoms with Crippen LogP contribution in [0.2, 0.25) is 0 Å². The fraction of sp³-hybridized carbons (Fsp3) is 0.226. The minimum absolute atomic E-state index is 0.0967. The number of aryl methyl sites for hydroxylation is 1. The molecule has 0 saturated heterocycles. The predicted molar refractivity (Wildman–Crippen MR) is 151 cm³/mol. The van der Waals surface area contributed by atoms with E-state index in [1.165, 1.54) is 5.01 Å². The Kier molecular flexibility index (Phi) is 7.27. The molecule has 198 valence electrons. The Bertz CT molecular complexity index is 1540. The molecule has 1 aromatic heterocycles. The van der Waals surface area contributed by atoms with E-state index < -0.39 is 18.0 Å². The van der Waals surface area contributed by atoms with E-state index in [0.29, 0.717) is 23.1 Å². The lowest BCUT2D eigenvalue weighted by molar-refractivity contribution is -0.143. The largest absolute Gasteiger partial charge is 0.358 e. The monoisotopic (exact) mass is 521 g/mol. The van der Waals surface area contributed by atoms with Gasteiger partial charge in [-0.05, 0) is 37.5 Å². The number of para-hydroxylation sites is 1. The number of hydrogen-bond acceptors (Lipinski definition) is 4. The number of carbonyl (C=O) groups is 3. The highest BCUT2D eigenvalue weighted by molar-refractivity contribution is 6.13. The third-order valence-electron chi connectivity index (χ3n) is 6.78. The summed E-state index contributed by atoms with van der Waals surface area (Å²) in [5, 5.41) is 12.6. The van der Waals surface area contributed by atoms with Gasteiger partial charge in [0.1, 0.15) is 6.04 Å². The molecule has 1 aliphatic heterocycles. The zero-order valence-electron chi connectivity index (χ0n) is 22.1. The van der Waals surface area contributed by atoms with Gasteiger partial charge in [-0.15, -0.1) is 0 Å². The van der Waals surface area contributed by atoms with E-state index in [1.54, 1.807) is 24.3 Å². The second-order valence-corrected chi connectivity index (χ2v) is 10.1. The first kappa shape index (κ1) is 25.9. The number of nitrogens with one attached hydrogen (secondary N) is 3. The second kappa shape index (κ2) is 10.9. The van der Waals surface area contributed by atoms with Crippen LogP contribution in [0.3, 0.4) is 0 Å². The first-order valence-corrected chi connectivity index (χ1v) is 13.0. The number of H-pyrrole nitrogens is 1. The van der Waals surface area contributed by atoms with Gasteiger partial charge in [-0.2, -0.15) is 5.10 Å². The molecule has 3 amide bonds. The van der Waals surface area contributed by atoms with Crippen molar-refractivity contribution in [3.63, 3.8) is 0 Å². The van der Waals surface area contributed by atoms with Crippen molar-refractivity contribution in [2.45, 2.75) is 39.3 Å². The fourth-order valence-corrected chi connectivity index (χ4v) is 4.98. The van der Waals surface area contributed by atoms with Crippen molar-refractivity contribution in [1.29, 1.82) is 0 Å².